The first-order chi connectivity index (χ1) is 14.1. The van der Waals surface area contributed by atoms with Crippen molar-refractivity contribution in [2.45, 2.75) is 6.42 Å². The fourth-order valence-corrected chi connectivity index (χ4v) is 3.42. The summed E-state index contributed by atoms with van der Waals surface area (Å²) in [6.45, 7) is 6.64. The Morgan fingerprint density at radius 1 is 1.03 bits per heavy atom. The zero-order valence-electron chi connectivity index (χ0n) is 16.5. The lowest BCUT2D eigenvalue weighted by Crippen LogP contribution is -2.51. The van der Waals surface area contributed by atoms with E-state index in [1.807, 2.05) is 41.3 Å². The van der Waals surface area contributed by atoms with Crippen LogP contribution in [0.5, 0.6) is 5.75 Å². The molecular weight excluding hydrogens is 366 g/mol. The van der Waals surface area contributed by atoms with Crippen LogP contribution in [-0.4, -0.2) is 66.0 Å². The molecule has 1 fully saturated rings. The van der Waals surface area contributed by atoms with Crippen molar-refractivity contribution < 1.29 is 14.7 Å². The third-order valence-electron chi connectivity index (χ3n) is 5.01. The summed E-state index contributed by atoms with van der Waals surface area (Å²) >= 11 is 0. The third-order valence-corrected chi connectivity index (χ3v) is 5.01. The molecule has 0 aliphatic carbocycles. The van der Waals surface area contributed by atoms with Crippen molar-refractivity contribution in [1.29, 1.82) is 0 Å². The van der Waals surface area contributed by atoms with E-state index in [0.29, 0.717) is 51.3 Å². The van der Waals surface area contributed by atoms with Gasteiger partial charge in [0.2, 0.25) is 5.91 Å². The largest absolute Gasteiger partial charge is 0.507 e. The first kappa shape index (κ1) is 20.6. The number of carbonyl (C=O) groups is 2. The molecule has 0 spiro atoms. The topological polar surface area (TPSA) is 72.9 Å². The Hall–Kier alpha value is -3.12. The summed E-state index contributed by atoms with van der Waals surface area (Å²) in [7, 11) is 0. The lowest BCUT2D eigenvalue weighted by atomic mass is 10.0. The number of phenolic OH excluding ortho intramolecular Hbond substituents is 1. The van der Waals surface area contributed by atoms with Gasteiger partial charge in [0.25, 0.3) is 5.91 Å². The Labute approximate surface area is 171 Å². The predicted octanol–water partition coefficient (Wildman–Crippen LogP) is 2.04. The van der Waals surface area contributed by atoms with E-state index in [-0.39, 0.29) is 17.6 Å². The lowest BCUT2D eigenvalue weighted by Gasteiger charge is -2.34. The average Bonchev–Trinajstić information content (AvgIpc) is 2.74. The molecule has 1 heterocycles. The summed E-state index contributed by atoms with van der Waals surface area (Å²) in [5, 5.41) is 13.0. The van der Waals surface area contributed by atoms with E-state index in [2.05, 4.69) is 11.9 Å². The first-order valence-corrected chi connectivity index (χ1v) is 9.82. The van der Waals surface area contributed by atoms with Crippen LogP contribution in [0.1, 0.15) is 21.5 Å². The maximum Gasteiger partial charge on any atom is 0.257 e. The van der Waals surface area contributed by atoms with E-state index in [4.69, 9.17) is 0 Å². The standard InChI is InChI=1S/C23H27N3O3/c1-2-10-24-22(28)17-25-11-13-26(14-12-25)23(29)20-16-19(8-9-21(20)27)15-18-6-4-3-5-7-18/h2-9,16,27H,1,10-15,17H2,(H,24,28). The third kappa shape index (κ3) is 5.68. The molecule has 1 aliphatic rings. The predicted molar refractivity (Wildman–Crippen MR) is 113 cm³/mol. The van der Waals surface area contributed by atoms with Crippen molar-refractivity contribution in [3.63, 3.8) is 0 Å². The summed E-state index contributed by atoms with van der Waals surface area (Å²) < 4.78 is 0. The molecule has 2 amide bonds. The Balaban J connectivity index is 1.60. The smallest absolute Gasteiger partial charge is 0.257 e. The monoisotopic (exact) mass is 393 g/mol. The van der Waals surface area contributed by atoms with Crippen LogP contribution in [0.15, 0.2) is 61.2 Å². The number of piperazine rings is 1. The van der Waals surface area contributed by atoms with Gasteiger partial charge in [0, 0.05) is 32.7 Å². The van der Waals surface area contributed by atoms with Gasteiger partial charge in [-0.25, -0.2) is 0 Å². The van der Waals surface area contributed by atoms with Crippen LogP contribution < -0.4 is 5.32 Å². The molecule has 6 heteroatoms. The van der Waals surface area contributed by atoms with Crippen molar-refractivity contribution >= 4 is 11.8 Å². The van der Waals surface area contributed by atoms with Gasteiger partial charge in [-0.1, -0.05) is 42.5 Å². The fraction of sp³-hybridized carbons (Fsp3) is 0.304. The zero-order valence-corrected chi connectivity index (χ0v) is 16.5. The molecular formula is C23H27N3O3. The molecule has 2 aromatic carbocycles. The molecule has 0 radical (unpaired) electrons. The molecule has 2 N–H and O–H groups in total. The van der Waals surface area contributed by atoms with Crippen molar-refractivity contribution in [3.05, 3.63) is 77.9 Å². The number of nitrogens with zero attached hydrogens (tertiary/aromatic N) is 2. The summed E-state index contributed by atoms with van der Waals surface area (Å²) in [6.07, 6.45) is 2.35. The second kappa shape index (κ2) is 9.89. The quantitative estimate of drug-likeness (QED) is 0.706. The Bertz CT molecular complexity index is 859. The number of phenols is 1. The molecule has 29 heavy (non-hydrogen) atoms. The number of amides is 2. The normalized spacial score (nSPS) is 14.4. The maximum atomic E-state index is 13.0. The van der Waals surface area contributed by atoms with Crippen LogP contribution in [0.2, 0.25) is 0 Å². The summed E-state index contributed by atoms with van der Waals surface area (Å²) in [4.78, 5) is 28.5. The van der Waals surface area contributed by atoms with Crippen LogP contribution in [0.4, 0.5) is 0 Å². The summed E-state index contributed by atoms with van der Waals surface area (Å²) in [5.74, 6) is -0.220. The van der Waals surface area contributed by atoms with Crippen molar-refractivity contribution in [1.82, 2.24) is 15.1 Å². The molecule has 0 unspecified atom stereocenters. The molecule has 1 saturated heterocycles. The second-order valence-electron chi connectivity index (χ2n) is 7.17. The number of hydrogen-bond donors (Lipinski definition) is 2. The van der Waals surface area contributed by atoms with Crippen molar-refractivity contribution in [2.75, 3.05) is 39.3 Å². The molecule has 2 aromatic rings. The first-order valence-electron chi connectivity index (χ1n) is 9.82. The minimum atomic E-state index is -0.173. The number of rotatable bonds is 7. The average molecular weight is 393 g/mol. The highest BCUT2D eigenvalue weighted by atomic mass is 16.3. The Morgan fingerprint density at radius 3 is 2.45 bits per heavy atom. The molecule has 1 aliphatic heterocycles. The molecule has 0 aromatic heterocycles. The van der Waals surface area contributed by atoms with Gasteiger partial charge in [0.1, 0.15) is 5.75 Å². The zero-order chi connectivity index (χ0) is 20.6. The van der Waals surface area contributed by atoms with E-state index in [9.17, 15) is 14.7 Å². The van der Waals surface area contributed by atoms with Gasteiger partial charge in [-0.3, -0.25) is 14.5 Å². The number of hydrogen-bond acceptors (Lipinski definition) is 4. The van der Waals surface area contributed by atoms with Gasteiger partial charge in [-0.2, -0.15) is 0 Å². The SMILES string of the molecule is C=CCNC(=O)CN1CCN(C(=O)c2cc(Cc3ccccc3)ccc2O)CC1. The molecule has 0 atom stereocenters. The van der Waals surface area contributed by atoms with E-state index < -0.39 is 0 Å². The van der Waals surface area contributed by atoms with Gasteiger partial charge in [0.15, 0.2) is 0 Å². The number of nitrogens with one attached hydrogen (secondary N) is 1. The molecule has 6 nitrogen and oxygen atoms in total. The minimum Gasteiger partial charge on any atom is -0.507 e. The molecule has 3 rings (SSSR count). The second-order valence-corrected chi connectivity index (χ2v) is 7.17. The van der Waals surface area contributed by atoms with Gasteiger partial charge < -0.3 is 15.3 Å². The van der Waals surface area contributed by atoms with Crippen LogP contribution in [-0.2, 0) is 11.2 Å². The maximum absolute atomic E-state index is 13.0. The molecule has 152 valence electrons. The van der Waals surface area contributed by atoms with Crippen LogP contribution in [0.25, 0.3) is 0 Å². The number of carbonyl (C=O) groups excluding carboxylic acids is 2. The van der Waals surface area contributed by atoms with E-state index in [1.54, 1.807) is 23.1 Å². The molecule has 0 bridgehead atoms. The van der Waals surface area contributed by atoms with E-state index in [1.165, 1.54) is 0 Å². The lowest BCUT2D eigenvalue weighted by molar-refractivity contribution is -0.122. The van der Waals surface area contributed by atoms with Gasteiger partial charge in [-0.15, -0.1) is 6.58 Å². The highest BCUT2D eigenvalue weighted by molar-refractivity contribution is 5.97. The summed E-state index contributed by atoms with van der Waals surface area (Å²) in [6, 6.07) is 15.2. The highest BCUT2D eigenvalue weighted by Gasteiger charge is 2.25. The van der Waals surface area contributed by atoms with Crippen LogP contribution in [0.3, 0.4) is 0 Å². The van der Waals surface area contributed by atoms with Crippen molar-refractivity contribution in [2.24, 2.45) is 0 Å². The minimum absolute atomic E-state index is 0.00181. The Kier molecular flexibility index (Phi) is 7.03. The van der Waals surface area contributed by atoms with Crippen LogP contribution >= 0.6 is 0 Å². The van der Waals surface area contributed by atoms with E-state index >= 15 is 0 Å². The van der Waals surface area contributed by atoms with Gasteiger partial charge >= 0.3 is 0 Å². The highest BCUT2D eigenvalue weighted by Crippen LogP contribution is 2.22. The van der Waals surface area contributed by atoms with Gasteiger partial charge in [-0.05, 0) is 29.7 Å². The van der Waals surface area contributed by atoms with Gasteiger partial charge in [0.05, 0.1) is 12.1 Å². The number of benzene rings is 2. The van der Waals surface area contributed by atoms with Crippen LogP contribution in [0, 0.1) is 0 Å². The Morgan fingerprint density at radius 2 is 1.76 bits per heavy atom. The molecule has 0 saturated carbocycles. The fourth-order valence-electron chi connectivity index (χ4n) is 3.42. The summed E-state index contributed by atoms with van der Waals surface area (Å²) in [5.41, 5.74) is 2.46. The number of aromatic hydroxyl groups is 1. The van der Waals surface area contributed by atoms with Crippen molar-refractivity contribution in [3.8, 4) is 5.75 Å². The van der Waals surface area contributed by atoms with E-state index in [0.717, 1.165) is 11.1 Å².